The van der Waals surface area contributed by atoms with Gasteiger partial charge in [0, 0.05) is 19.1 Å². The van der Waals surface area contributed by atoms with Crippen LogP contribution in [0.5, 0.6) is 0 Å². The summed E-state index contributed by atoms with van der Waals surface area (Å²) >= 11 is 0. The largest absolute Gasteiger partial charge is 0.365 e. The van der Waals surface area contributed by atoms with Crippen molar-refractivity contribution in [3.63, 3.8) is 0 Å². The van der Waals surface area contributed by atoms with Crippen LogP contribution in [-0.4, -0.2) is 29.8 Å². The SMILES string of the molecule is CC1(c2nc(C3CCNC3)no2)CCCCO1. The van der Waals surface area contributed by atoms with E-state index in [9.17, 15) is 0 Å². The fourth-order valence-electron chi connectivity index (χ4n) is 2.59. The summed E-state index contributed by atoms with van der Waals surface area (Å²) in [6.07, 6.45) is 4.36. The monoisotopic (exact) mass is 237 g/mol. The van der Waals surface area contributed by atoms with E-state index in [-0.39, 0.29) is 5.60 Å². The predicted molar refractivity (Wildman–Crippen MR) is 61.7 cm³/mol. The van der Waals surface area contributed by atoms with E-state index in [0.717, 1.165) is 44.8 Å². The maximum Gasteiger partial charge on any atom is 0.258 e. The van der Waals surface area contributed by atoms with Gasteiger partial charge in [0.25, 0.3) is 5.89 Å². The molecule has 0 amide bonds. The van der Waals surface area contributed by atoms with E-state index in [4.69, 9.17) is 9.26 Å². The smallest absolute Gasteiger partial charge is 0.258 e. The molecule has 1 N–H and O–H groups in total. The van der Waals surface area contributed by atoms with Crippen molar-refractivity contribution in [3.8, 4) is 0 Å². The molecule has 5 heteroatoms. The average Bonchev–Trinajstić information content (AvgIpc) is 3.01. The lowest BCUT2D eigenvalue weighted by atomic mass is 9.96. The van der Waals surface area contributed by atoms with Gasteiger partial charge in [0.15, 0.2) is 5.82 Å². The van der Waals surface area contributed by atoms with E-state index < -0.39 is 0 Å². The molecule has 2 unspecified atom stereocenters. The lowest BCUT2D eigenvalue weighted by molar-refractivity contribution is -0.0891. The Labute approximate surface area is 101 Å². The molecule has 17 heavy (non-hydrogen) atoms. The zero-order valence-electron chi connectivity index (χ0n) is 10.2. The number of ether oxygens (including phenoxy) is 1. The summed E-state index contributed by atoms with van der Waals surface area (Å²) in [5.74, 6) is 1.89. The summed E-state index contributed by atoms with van der Waals surface area (Å²) in [5.41, 5.74) is -0.366. The maximum absolute atomic E-state index is 5.82. The van der Waals surface area contributed by atoms with E-state index in [1.807, 2.05) is 0 Å². The molecule has 2 aliphatic heterocycles. The molecule has 1 aromatic rings. The quantitative estimate of drug-likeness (QED) is 0.846. The van der Waals surface area contributed by atoms with Crippen LogP contribution in [0.1, 0.15) is 50.2 Å². The average molecular weight is 237 g/mol. The third-order valence-electron chi connectivity index (χ3n) is 3.79. The topological polar surface area (TPSA) is 60.2 Å². The minimum absolute atomic E-state index is 0.366. The molecule has 0 bridgehead atoms. The second-order valence-corrected chi connectivity index (χ2v) is 5.18. The van der Waals surface area contributed by atoms with Crippen LogP contribution >= 0.6 is 0 Å². The Balaban J connectivity index is 1.78. The standard InChI is InChI=1S/C12H19N3O2/c1-12(5-2-3-7-16-12)11-14-10(15-17-11)9-4-6-13-8-9/h9,13H,2-8H2,1H3. The zero-order valence-corrected chi connectivity index (χ0v) is 10.2. The predicted octanol–water partition coefficient (Wildman–Crippen LogP) is 1.56. The van der Waals surface area contributed by atoms with Gasteiger partial charge in [-0.15, -0.1) is 0 Å². The molecule has 5 nitrogen and oxygen atoms in total. The van der Waals surface area contributed by atoms with Crippen LogP contribution in [0.25, 0.3) is 0 Å². The zero-order chi connectivity index (χ0) is 11.7. The van der Waals surface area contributed by atoms with Crippen LogP contribution in [-0.2, 0) is 10.3 Å². The van der Waals surface area contributed by atoms with Gasteiger partial charge >= 0.3 is 0 Å². The van der Waals surface area contributed by atoms with Gasteiger partial charge in [0.1, 0.15) is 5.60 Å². The van der Waals surface area contributed by atoms with Crippen LogP contribution in [0.3, 0.4) is 0 Å². The fourth-order valence-corrected chi connectivity index (χ4v) is 2.59. The molecule has 1 aromatic heterocycles. The first kappa shape index (κ1) is 11.2. The molecule has 2 saturated heterocycles. The molecule has 3 rings (SSSR count). The second-order valence-electron chi connectivity index (χ2n) is 5.18. The lowest BCUT2D eigenvalue weighted by Gasteiger charge is -2.29. The van der Waals surface area contributed by atoms with E-state index >= 15 is 0 Å². The number of nitrogens with zero attached hydrogens (tertiary/aromatic N) is 2. The summed E-state index contributed by atoms with van der Waals surface area (Å²) in [6.45, 7) is 4.84. The summed E-state index contributed by atoms with van der Waals surface area (Å²) in [5, 5.41) is 7.43. The molecule has 2 fully saturated rings. The molecule has 0 radical (unpaired) electrons. The molecule has 94 valence electrons. The van der Waals surface area contributed by atoms with Gasteiger partial charge < -0.3 is 14.6 Å². The van der Waals surface area contributed by atoms with Crippen LogP contribution in [0.2, 0.25) is 0 Å². The Morgan fingerprint density at radius 2 is 2.35 bits per heavy atom. The van der Waals surface area contributed by atoms with Crippen molar-refractivity contribution < 1.29 is 9.26 Å². The van der Waals surface area contributed by atoms with Gasteiger partial charge in [0.2, 0.25) is 0 Å². The molecule has 0 spiro atoms. The van der Waals surface area contributed by atoms with Crippen LogP contribution in [0.15, 0.2) is 4.52 Å². The highest BCUT2D eigenvalue weighted by Gasteiger charge is 2.36. The highest BCUT2D eigenvalue weighted by molar-refractivity contribution is 5.04. The Hall–Kier alpha value is -0.940. The van der Waals surface area contributed by atoms with E-state index in [2.05, 4.69) is 22.4 Å². The highest BCUT2D eigenvalue weighted by Crippen LogP contribution is 2.34. The number of aromatic nitrogens is 2. The van der Waals surface area contributed by atoms with Gasteiger partial charge in [-0.3, -0.25) is 0 Å². The summed E-state index contributed by atoms with van der Waals surface area (Å²) in [4.78, 5) is 4.54. The summed E-state index contributed by atoms with van der Waals surface area (Å²) in [6, 6.07) is 0. The molecular weight excluding hydrogens is 218 g/mol. The van der Waals surface area contributed by atoms with Crippen molar-refractivity contribution in [2.24, 2.45) is 0 Å². The number of nitrogens with one attached hydrogen (secondary N) is 1. The first-order valence-corrected chi connectivity index (χ1v) is 6.47. The normalized spacial score (nSPS) is 34.1. The number of hydrogen-bond acceptors (Lipinski definition) is 5. The third kappa shape index (κ3) is 2.09. The van der Waals surface area contributed by atoms with Crippen molar-refractivity contribution in [1.82, 2.24) is 15.5 Å². The molecule has 0 aliphatic carbocycles. The lowest BCUT2D eigenvalue weighted by Crippen LogP contribution is -2.30. The van der Waals surface area contributed by atoms with Crippen molar-refractivity contribution in [2.75, 3.05) is 19.7 Å². The molecule has 2 atom stereocenters. The summed E-state index contributed by atoms with van der Waals surface area (Å²) < 4.78 is 11.2. The van der Waals surface area contributed by atoms with Crippen LogP contribution < -0.4 is 5.32 Å². The number of rotatable bonds is 2. The Morgan fingerprint density at radius 1 is 1.41 bits per heavy atom. The van der Waals surface area contributed by atoms with Crippen molar-refractivity contribution in [2.45, 2.75) is 44.1 Å². The molecule has 2 aliphatic rings. The van der Waals surface area contributed by atoms with Crippen molar-refractivity contribution >= 4 is 0 Å². The summed E-state index contributed by atoms with van der Waals surface area (Å²) in [7, 11) is 0. The first-order valence-electron chi connectivity index (χ1n) is 6.47. The van der Waals surface area contributed by atoms with E-state index in [1.54, 1.807) is 0 Å². The van der Waals surface area contributed by atoms with Gasteiger partial charge in [-0.05, 0) is 39.2 Å². The van der Waals surface area contributed by atoms with Crippen LogP contribution in [0.4, 0.5) is 0 Å². The van der Waals surface area contributed by atoms with Crippen molar-refractivity contribution in [1.29, 1.82) is 0 Å². The van der Waals surface area contributed by atoms with Gasteiger partial charge in [-0.1, -0.05) is 5.16 Å². The van der Waals surface area contributed by atoms with Crippen LogP contribution in [0, 0.1) is 0 Å². The second kappa shape index (κ2) is 4.38. The minimum Gasteiger partial charge on any atom is -0.365 e. The van der Waals surface area contributed by atoms with Gasteiger partial charge in [-0.25, -0.2) is 0 Å². The third-order valence-corrected chi connectivity index (χ3v) is 3.79. The maximum atomic E-state index is 5.82. The molecule has 3 heterocycles. The van der Waals surface area contributed by atoms with E-state index in [1.165, 1.54) is 6.42 Å². The van der Waals surface area contributed by atoms with Crippen molar-refractivity contribution in [3.05, 3.63) is 11.7 Å². The Kier molecular flexibility index (Phi) is 2.88. The Bertz CT molecular complexity index is 379. The van der Waals surface area contributed by atoms with Gasteiger partial charge in [-0.2, -0.15) is 4.98 Å². The molecule has 0 saturated carbocycles. The van der Waals surface area contributed by atoms with Gasteiger partial charge in [0.05, 0.1) is 0 Å². The Morgan fingerprint density at radius 3 is 3.06 bits per heavy atom. The number of hydrogen-bond donors (Lipinski definition) is 1. The highest BCUT2D eigenvalue weighted by atomic mass is 16.5. The molecular formula is C12H19N3O2. The van der Waals surface area contributed by atoms with E-state index in [0.29, 0.717) is 11.8 Å². The fraction of sp³-hybridized carbons (Fsp3) is 0.833. The molecule has 0 aromatic carbocycles. The minimum atomic E-state index is -0.366. The first-order chi connectivity index (χ1) is 8.28.